The Morgan fingerprint density at radius 2 is 2.00 bits per heavy atom. The summed E-state index contributed by atoms with van der Waals surface area (Å²) in [6.45, 7) is 1.89. The number of ether oxygens (including phenoxy) is 1. The summed E-state index contributed by atoms with van der Waals surface area (Å²) in [5, 5.41) is 0. The maximum absolute atomic E-state index is 13.9. The third-order valence-corrected chi connectivity index (χ3v) is 3.28. The lowest BCUT2D eigenvalue weighted by molar-refractivity contribution is 0.434. The van der Waals surface area contributed by atoms with Gasteiger partial charge in [-0.2, -0.15) is 0 Å². The van der Waals surface area contributed by atoms with Crippen LogP contribution in [0.25, 0.3) is 0 Å². The smallest absolute Gasteiger partial charge is 0.166 e. The number of rotatable bonds is 4. The molecule has 1 atom stereocenters. The molecule has 0 saturated heterocycles. The normalized spacial score (nSPS) is 12.2. The maximum atomic E-state index is 13.9. The first-order chi connectivity index (χ1) is 9.06. The van der Waals surface area contributed by atoms with E-state index >= 15 is 0 Å². The van der Waals surface area contributed by atoms with Gasteiger partial charge in [-0.05, 0) is 65.8 Å². The van der Waals surface area contributed by atoms with E-state index in [2.05, 4.69) is 22.6 Å². The lowest BCUT2D eigenvalue weighted by Gasteiger charge is -2.13. The van der Waals surface area contributed by atoms with Crippen molar-refractivity contribution in [3.8, 4) is 11.5 Å². The predicted octanol–water partition coefficient (Wildman–Crippen LogP) is 4.11. The van der Waals surface area contributed by atoms with Crippen molar-refractivity contribution in [1.29, 1.82) is 0 Å². The largest absolute Gasteiger partial charge is 0.454 e. The zero-order valence-corrected chi connectivity index (χ0v) is 12.7. The zero-order chi connectivity index (χ0) is 13.8. The molecule has 0 aliphatic carbocycles. The van der Waals surface area contributed by atoms with E-state index < -0.39 is 0 Å². The van der Waals surface area contributed by atoms with E-state index in [1.807, 2.05) is 37.3 Å². The average Bonchev–Trinajstić information content (AvgIpc) is 2.33. The number of halogens is 2. The Morgan fingerprint density at radius 3 is 2.68 bits per heavy atom. The predicted molar refractivity (Wildman–Crippen MR) is 83.0 cm³/mol. The SMILES string of the molecule is CC(N)Cc1cccc(F)c1Oc1cccc(I)c1. The van der Waals surface area contributed by atoms with Crippen molar-refractivity contribution in [3.63, 3.8) is 0 Å². The van der Waals surface area contributed by atoms with Crippen LogP contribution in [0, 0.1) is 9.39 Å². The van der Waals surface area contributed by atoms with Gasteiger partial charge < -0.3 is 10.5 Å². The van der Waals surface area contributed by atoms with E-state index in [4.69, 9.17) is 10.5 Å². The van der Waals surface area contributed by atoms with Crippen molar-refractivity contribution >= 4 is 22.6 Å². The molecule has 19 heavy (non-hydrogen) atoms. The van der Waals surface area contributed by atoms with Crippen LogP contribution in [-0.4, -0.2) is 6.04 Å². The Balaban J connectivity index is 2.33. The van der Waals surface area contributed by atoms with Crippen LogP contribution in [0.2, 0.25) is 0 Å². The second-order valence-corrected chi connectivity index (χ2v) is 5.71. The van der Waals surface area contributed by atoms with Crippen LogP contribution in [0.4, 0.5) is 4.39 Å². The van der Waals surface area contributed by atoms with Gasteiger partial charge in [-0.25, -0.2) is 4.39 Å². The number of hydrogen-bond donors (Lipinski definition) is 1. The summed E-state index contributed by atoms with van der Waals surface area (Å²) in [5.74, 6) is 0.529. The number of nitrogens with two attached hydrogens (primary N) is 1. The minimum Gasteiger partial charge on any atom is -0.454 e. The van der Waals surface area contributed by atoms with E-state index in [0.29, 0.717) is 12.2 Å². The Bertz CT molecular complexity index is 572. The van der Waals surface area contributed by atoms with Crippen LogP contribution in [-0.2, 0) is 6.42 Å². The molecule has 0 aliphatic rings. The Hall–Kier alpha value is -1.14. The molecule has 0 bridgehead atoms. The standard InChI is InChI=1S/C15H15FINO/c1-10(18)8-11-4-2-7-14(16)15(11)19-13-6-3-5-12(17)9-13/h2-7,9-10H,8,18H2,1H3. The van der Waals surface area contributed by atoms with Crippen molar-refractivity contribution in [2.45, 2.75) is 19.4 Å². The van der Waals surface area contributed by atoms with Gasteiger partial charge in [0.25, 0.3) is 0 Å². The monoisotopic (exact) mass is 371 g/mol. The molecule has 4 heteroatoms. The maximum Gasteiger partial charge on any atom is 0.166 e. The van der Waals surface area contributed by atoms with Gasteiger partial charge in [-0.3, -0.25) is 0 Å². The highest BCUT2D eigenvalue weighted by Gasteiger charge is 2.12. The van der Waals surface area contributed by atoms with Gasteiger partial charge in [-0.15, -0.1) is 0 Å². The van der Waals surface area contributed by atoms with Crippen molar-refractivity contribution < 1.29 is 9.13 Å². The van der Waals surface area contributed by atoms with Crippen LogP contribution in [0.15, 0.2) is 42.5 Å². The molecule has 0 saturated carbocycles. The van der Waals surface area contributed by atoms with Crippen LogP contribution in [0.1, 0.15) is 12.5 Å². The van der Waals surface area contributed by atoms with Crippen LogP contribution < -0.4 is 10.5 Å². The molecule has 2 N–H and O–H groups in total. The molecule has 0 radical (unpaired) electrons. The fourth-order valence-electron chi connectivity index (χ4n) is 1.82. The summed E-state index contributed by atoms with van der Waals surface area (Å²) in [5.41, 5.74) is 6.57. The van der Waals surface area contributed by atoms with E-state index in [-0.39, 0.29) is 17.6 Å². The molecule has 0 fully saturated rings. The molecule has 2 rings (SSSR count). The van der Waals surface area contributed by atoms with E-state index in [0.717, 1.165) is 9.13 Å². The number of hydrogen-bond acceptors (Lipinski definition) is 2. The van der Waals surface area contributed by atoms with Gasteiger partial charge in [-0.1, -0.05) is 18.2 Å². The third-order valence-electron chi connectivity index (χ3n) is 2.61. The second kappa shape index (κ2) is 6.34. The second-order valence-electron chi connectivity index (χ2n) is 4.47. The molecule has 1 unspecified atom stereocenters. The van der Waals surface area contributed by atoms with E-state index in [1.54, 1.807) is 6.07 Å². The van der Waals surface area contributed by atoms with Gasteiger partial charge in [0, 0.05) is 9.61 Å². The Labute approximate surface area is 125 Å². The fourth-order valence-corrected chi connectivity index (χ4v) is 2.34. The van der Waals surface area contributed by atoms with Crippen LogP contribution in [0.3, 0.4) is 0 Å². The van der Waals surface area contributed by atoms with Crippen molar-refractivity contribution in [2.24, 2.45) is 5.73 Å². The van der Waals surface area contributed by atoms with Gasteiger partial charge in [0.05, 0.1) is 0 Å². The quantitative estimate of drug-likeness (QED) is 0.821. The summed E-state index contributed by atoms with van der Waals surface area (Å²) in [6.07, 6.45) is 0.580. The van der Waals surface area contributed by atoms with Crippen molar-refractivity contribution in [2.75, 3.05) is 0 Å². The highest BCUT2D eigenvalue weighted by Crippen LogP contribution is 2.29. The van der Waals surface area contributed by atoms with Crippen molar-refractivity contribution in [3.05, 3.63) is 57.4 Å². The van der Waals surface area contributed by atoms with Gasteiger partial charge >= 0.3 is 0 Å². The van der Waals surface area contributed by atoms with Gasteiger partial charge in [0.1, 0.15) is 5.75 Å². The molecular weight excluding hydrogens is 356 g/mol. The van der Waals surface area contributed by atoms with Gasteiger partial charge in [0.2, 0.25) is 0 Å². The lowest BCUT2D eigenvalue weighted by Crippen LogP contribution is -2.18. The first-order valence-corrected chi connectivity index (χ1v) is 7.10. The molecule has 100 valence electrons. The Kier molecular flexibility index (Phi) is 4.76. The molecule has 0 amide bonds. The molecular formula is C15H15FINO. The highest BCUT2D eigenvalue weighted by molar-refractivity contribution is 14.1. The molecule has 0 aromatic heterocycles. The molecule has 2 nitrogen and oxygen atoms in total. The first kappa shape index (κ1) is 14.3. The molecule has 0 aliphatic heterocycles. The Morgan fingerprint density at radius 1 is 1.26 bits per heavy atom. The van der Waals surface area contributed by atoms with Crippen LogP contribution >= 0.6 is 22.6 Å². The summed E-state index contributed by atoms with van der Waals surface area (Å²) in [7, 11) is 0. The minimum atomic E-state index is -0.364. The molecule has 0 spiro atoms. The number of benzene rings is 2. The zero-order valence-electron chi connectivity index (χ0n) is 10.6. The third kappa shape index (κ3) is 3.91. The molecule has 2 aromatic carbocycles. The van der Waals surface area contributed by atoms with E-state index in [1.165, 1.54) is 6.07 Å². The number of para-hydroxylation sites is 1. The summed E-state index contributed by atoms with van der Waals surface area (Å²) < 4.78 is 20.6. The van der Waals surface area contributed by atoms with Crippen LogP contribution in [0.5, 0.6) is 11.5 Å². The average molecular weight is 371 g/mol. The molecule has 0 heterocycles. The fraction of sp³-hybridized carbons (Fsp3) is 0.200. The summed E-state index contributed by atoms with van der Waals surface area (Å²) >= 11 is 2.19. The minimum absolute atomic E-state index is 0.0416. The van der Waals surface area contributed by atoms with Gasteiger partial charge in [0.15, 0.2) is 11.6 Å². The van der Waals surface area contributed by atoms with Crippen molar-refractivity contribution in [1.82, 2.24) is 0 Å². The molecule has 2 aromatic rings. The highest BCUT2D eigenvalue weighted by atomic mass is 127. The summed E-state index contributed by atoms with van der Waals surface area (Å²) in [4.78, 5) is 0. The first-order valence-electron chi connectivity index (χ1n) is 6.02. The lowest BCUT2D eigenvalue weighted by atomic mass is 10.1. The van der Waals surface area contributed by atoms with E-state index in [9.17, 15) is 4.39 Å². The topological polar surface area (TPSA) is 35.2 Å². The summed E-state index contributed by atoms with van der Waals surface area (Å²) in [6, 6.07) is 12.4.